The van der Waals surface area contributed by atoms with Crippen molar-refractivity contribution < 1.29 is 9.64 Å². The number of para-hydroxylation sites is 1. The van der Waals surface area contributed by atoms with Gasteiger partial charge >= 0.3 is 0 Å². The number of morpholine rings is 1. The molecule has 3 aromatic rings. The van der Waals surface area contributed by atoms with Crippen LogP contribution in [0.1, 0.15) is 12.0 Å². The maximum Gasteiger partial charge on any atom is 0.262 e. The van der Waals surface area contributed by atoms with E-state index in [4.69, 9.17) is 9.72 Å². The zero-order valence-electron chi connectivity index (χ0n) is 16.0. The quantitative estimate of drug-likeness (QED) is 0.490. The van der Waals surface area contributed by atoms with Gasteiger partial charge in [0.15, 0.2) is 5.16 Å². The largest absolute Gasteiger partial charge is 0.370 e. The lowest BCUT2D eigenvalue weighted by molar-refractivity contribution is -0.908. The molecule has 0 aliphatic carbocycles. The SMILES string of the molecule is O=c1c2ccccc2nc(SCc2ccccc2)n1CCC[NH+]1CCOCC1. The number of hydrogen-bond acceptors (Lipinski definition) is 4. The van der Waals surface area contributed by atoms with Crippen molar-refractivity contribution in [2.75, 3.05) is 32.8 Å². The van der Waals surface area contributed by atoms with Crippen molar-refractivity contribution in [2.24, 2.45) is 0 Å². The number of nitrogens with one attached hydrogen (secondary N) is 1. The second-order valence-corrected chi connectivity index (χ2v) is 8.05. The lowest BCUT2D eigenvalue weighted by Crippen LogP contribution is -3.14. The lowest BCUT2D eigenvalue weighted by Gasteiger charge is -2.24. The number of fused-ring (bicyclic) bond motifs is 1. The van der Waals surface area contributed by atoms with Gasteiger partial charge in [-0.25, -0.2) is 4.98 Å². The Morgan fingerprint density at radius 1 is 1.04 bits per heavy atom. The van der Waals surface area contributed by atoms with Crippen molar-refractivity contribution in [2.45, 2.75) is 23.9 Å². The van der Waals surface area contributed by atoms with Crippen molar-refractivity contribution >= 4 is 22.7 Å². The monoisotopic (exact) mass is 396 g/mol. The van der Waals surface area contributed by atoms with Gasteiger partial charge in [0, 0.05) is 18.7 Å². The maximum absolute atomic E-state index is 13.1. The average molecular weight is 397 g/mol. The third-order valence-corrected chi connectivity index (χ3v) is 6.20. The molecule has 6 heteroatoms. The molecular weight excluding hydrogens is 370 g/mol. The molecule has 0 amide bonds. The molecule has 0 atom stereocenters. The number of hydrogen-bond donors (Lipinski definition) is 1. The summed E-state index contributed by atoms with van der Waals surface area (Å²) in [6, 6.07) is 18.0. The van der Waals surface area contributed by atoms with E-state index in [-0.39, 0.29) is 5.56 Å². The molecule has 1 aliphatic heterocycles. The molecule has 1 N–H and O–H groups in total. The van der Waals surface area contributed by atoms with Crippen molar-refractivity contribution in [1.29, 1.82) is 0 Å². The molecule has 0 spiro atoms. The van der Waals surface area contributed by atoms with E-state index in [1.54, 1.807) is 16.7 Å². The highest BCUT2D eigenvalue weighted by Crippen LogP contribution is 2.22. The van der Waals surface area contributed by atoms with E-state index >= 15 is 0 Å². The van der Waals surface area contributed by atoms with Gasteiger partial charge in [-0.1, -0.05) is 54.2 Å². The topological polar surface area (TPSA) is 48.6 Å². The summed E-state index contributed by atoms with van der Waals surface area (Å²) in [5.74, 6) is 0.806. The minimum atomic E-state index is 0.0677. The number of benzene rings is 2. The van der Waals surface area contributed by atoms with Gasteiger partial charge in [-0.3, -0.25) is 9.36 Å². The molecule has 4 rings (SSSR count). The Morgan fingerprint density at radius 3 is 2.61 bits per heavy atom. The summed E-state index contributed by atoms with van der Waals surface area (Å²) < 4.78 is 7.31. The van der Waals surface area contributed by atoms with Crippen LogP contribution >= 0.6 is 11.8 Å². The Labute approximate surface area is 169 Å². The molecule has 146 valence electrons. The molecule has 28 heavy (non-hydrogen) atoms. The van der Waals surface area contributed by atoms with Gasteiger partial charge in [0.2, 0.25) is 0 Å². The van der Waals surface area contributed by atoms with Gasteiger partial charge in [-0.15, -0.1) is 0 Å². The van der Waals surface area contributed by atoms with E-state index in [1.165, 1.54) is 5.56 Å². The van der Waals surface area contributed by atoms with Crippen LogP contribution in [0, 0.1) is 0 Å². The molecule has 0 unspecified atom stereocenters. The van der Waals surface area contributed by atoms with Crippen LogP contribution < -0.4 is 10.5 Å². The number of thioether (sulfide) groups is 1. The number of rotatable bonds is 7. The third kappa shape index (κ3) is 4.63. The van der Waals surface area contributed by atoms with E-state index in [1.807, 2.05) is 47.0 Å². The fraction of sp³-hybridized carbons (Fsp3) is 0.364. The molecule has 0 bridgehead atoms. The summed E-state index contributed by atoms with van der Waals surface area (Å²) in [4.78, 5) is 19.5. The summed E-state index contributed by atoms with van der Waals surface area (Å²) in [7, 11) is 0. The van der Waals surface area contributed by atoms with Crippen LogP contribution in [0.3, 0.4) is 0 Å². The van der Waals surface area contributed by atoms with Crippen LogP contribution in [-0.4, -0.2) is 42.4 Å². The van der Waals surface area contributed by atoms with Crippen molar-refractivity contribution in [3.63, 3.8) is 0 Å². The van der Waals surface area contributed by atoms with Gasteiger partial charge in [0.25, 0.3) is 5.56 Å². The van der Waals surface area contributed by atoms with Gasteiger partial charge in [-0.2, -0.15) is 0 Å². The van der Waals surface area contributed by atoms with E-state index in [0.29, 0.717) is 11.9 Å². The van der Waals surface area contributed by atoms with Crippen LogP contribution in [0.5, 0.6) is 0 Å². The lowest BCUT2D eigenvalue weighted by atomic mass is 10.2. The molecule has 5 nitrogen and oxygen atoms in total. The van der Waals surface area contributed by atoms with Gasteiger partial charge < -0.3 is 9.64 Å². The zero-order chi connectivity index (χ0) is 19.2. The standard InChI is InChI=1S/C22H25N3O2S/c26-21-19-9-4-5-10-20(19)23-22(28-17-18-7-2-1-3-8-18)25(21)12-6-11-24-13-15-27-16-14-24/h1-5,7-10H,6,11-17H2/p+1. The molecule has 2 aromatic carbocycles. The second kappa shape index (κ2) is 9.37. The number of ether oxygens (including phenoxy) is 1. The van der Waals surface area contributed by atoms with E-state index in [2.05, 4.69) is 12.1 Å². The van der Waals surface area contributed by atoms with Crippen LogP contribution in [0.25, 0.3) is 10.9 Å². The minimum absolute atomic E-state index is 0.0677. The molecule has 0 saturated carbocycles. The van der Waals surface area contributed by atoms with Gasteiger partial charge in [0.1, 0.15) is 13.1 Å². The van der Waals surface area contributed by atoms with Crippen molar-refractivity contribution in [3.8, 4) is 0 Å². The Balaban J connectivity index is 1.54. The molecule has 1 saturated heterocycles. The normalized spacial score (nSPS) is 15.1. The highest BCUT2D eigenvalue weighted by Gasteiger charge is 2.15. The molecule has 1 fully saturated rings. The Kier molecular flexibility index (Phi) is 6.41. The molecule has 2 heterocycles. The fourth-order valence-electron chi connectivity index (χ4n) is 3.57. The Morgan fingerprint density at radius 2 is 1.79 bits per heavy atom. The summed E-state index contributed by atoms with van der Waals surface area (Å²) in [6.45, 7) is 5.56. The Hall–Kier alpha value is -2.15. The van der Waals surface area contributed by atoms with E-state index < -0.39 is 0 Å². The third-order valence-electron chi connectivity index (χ3n) is 5.15. The first kappa shape index (κ1) is 19.2. The summed E-state index contributed by atoms with van der Waals surface area (Å²) in [6.07, 6.45) is 0.966. The zero-order valence-corrected chi connectivity index (χ0v) is 16.8. The molecule has 1 aliphatic rings. The average Bonchev–Trinajstić information content (AvgIpc) is 2.75. The first-order valence-corrected chi connectivity index (χ1v) is 10.9. The van der Waals surface area contributed by atoms with Crippen molar-refractivity contribution in [1.82, 2.24) is 9.55 Å². The number of aromatic nitrogens is 2. The molecule has 0 radical (unpaired) electrons. The first-order chi connectivity index (χ1) is 13.8. The van der Waals surface area contributed by atoms with Crippen molar-refractivity contribution in [3.05, 3.63) is 70.5 Å². The molecular formula is C22H26N3O2S+. The summed E-state index contributed by atoms with van der Waals surface area (Å²) >= 11 is 1.64. The van der Waals surface area contributed by atoms with Gasteiger partial charge in [-0.05, 0) is 17.7 Å². The van der Waals surface area contributed by atoms with Gasteiger partial charge in [0.05, 0.1) is 30.7 Å². The fourth-order valence-corrected chi connectivity index (χ4v) is 4.56. The van der Waals surface area contributed by atoms with Crippen LogP contribution in [0.2, 0.25) is 0 Å². The number of nitrogens with zero attached hydrogens (tertiary/aromatic N) is 2. The Bertz CT molecular complexity index is 968. The van der Waals surface area contributed by atoms with Crippen LogP contribution in [0.15, 0.2) is 64.5 Å². The number of quaternary nitrogens is 1. The van der Waals surface area contributed by atoms with Crippen LogP contribution in [0.4, 0.5) is 0 Å². The predicted molar refractivity (Wildman–Crippen MR) is 113 cm³/mol. The van der Waals surface area contributed by atoms with E-state index in [0.717, 1.165) is 55.7 Å². The smallest absolute Gasteiger partial charge is 0.262 e. The molecule has 1 aromatic heterocycles. The predicted octanol–water partition coefficient (Wildman–Crippen LogP) is 1.99. The highest BCUT2D eigenvalue weighted by molar-refractivity contribution is 7.98. The summed E-state index contributed by atoms with van der Waals surface area (Å²) in [5.41, 5.74) is 2.08. The maximum atomic E-state index is 13.1. The van der Waals surface area contributed by atoms with Crippen LogP contribution in [-0.2, 0) is 17.0 Å². The minimum Gasteiger partial charge on any atom is -0.370 e. The summed E-state index contributed by atoms with van der Waals surface area (Å²) in [5, 5.41) is 1.51. The second-order valence-electron chi connectivity index (χ2n) is 7.11. The first-order valence-electron chi connectivity index (χ1n) is 9.89. The van der Waals surface area contributed by atoms with E-state index in [9.17, 15) is 4.79 Å². The highest BCUT2D eigenvalue weighted by atomic mass is 32.2.